The molecule has 5 heteroatoms. The topological polar surface area (TPSA) is 47.9 Å². The van der Waals surface area contributed by atoms with Crippen molar-refractivity contribution in [2.24, 2.45) is 0 Å². The zero-order valence-electron chi connectivity index (χ0n) is 14.8. The van der Waals surface area contributed by atoms with Crippen LogP contribution in [0.4, 0.5) is 0 Å². The number of hydrogen-bond acceptors (Lipinski definition) is 4. The van der Waals surface area contributed by atoms with Crippen LogP contribution < -0.4 is 9.47 Å². The Bertz CT molecular complexity index is 655. The van der Waals surface area contributed by atoms with Crippen LogP contribution in [0.25, 0.3) is 11.1 Å². The van der Waals surface area contributed by atoms with Crippen LogP contribution in [0.2, 0.25) is 5.02 Å². The molecule has 0 aromatic heterocycles. The van der Waals surface area contributed by atoms with Crippen molar-refractivity contribution in [3.63, 3.8) is 0 Å². The summed E-state index contributed by atoms with van der Waals surface area (Å²) in [5.41, 5.74) is 2.57. The molecule has 0 saturated heterocycles. The second kappa shape index (κ2) is 10.3. The smallest absolute Gasteiger partial charge is 0.142 e. The lowest BCUT2D eigenvalue weighted by molar-refractivity contribution is 0.0981. The second-order valence-electron chi connectivity index (χ2n) is 5.65. The number of aliphatic hydroxyl groups excluding tert-OH is 1. The van der Waals surface area contributed by atoms with Crippen molar-refractivity contribution >= 4 is 11.6 Å². The van der Waals surface area contributed by atoms with E-state index in [0.717, 1.165) is 36.3 Å². The van der Waals surface area contributed by atoms with E-state index in [4.69, 9.17) is 25.8 Å². The largest absolute Gasteiger partial charge is 0.495 e. The van der Waals surface area contributed by atoms with Gasteiger partial charge in [0.05, 0.1) is 25.3 Å². The highest BCUT2D eigenvalue weighted by molar-refractivity contribution is 6.32. The van der Waals surface area contributed by atoms with E-state index in [1.54, 1.807) is 0 Å². The van der Waals surface area contributed by atoms with Gasteiger partial charge in [0.1, 0.15) is 18.1 Å². The van der Waals surface area contributed by atoms with Gasteiger partial charge in [-0.2, -0.15) is 0 Å². The Balaban J connectivity index is 1.99. The van der Waals surface area contributed by atoms with Gasteiger partial charge in [-0.25, -0.2) is 0 Å². The van der Waals surface area contributed by atoms with Crippen LogP contribution in [0, 0.1) is 0 Å². The normalized spacial score (nSPS) is 10.7. The van der Waals surface area contributed by atoms with E-state index in [1.165, 1.54) is 7.11 Å². The number of ether oxygens (including phenoxy) is 3. The van der Waals surface area contributed by atoms with Gasteiger partial charge >= 0.3 is 0 Å². The summed E-state index contributed by atoms with van der Waals surface area (Å²) >= 11 is 6.24. The molecule has 0 unspecified atom stereocenters. The SMILES string of the molecule is CCCCOCCOc1ccc(-c2cc(Cl)c(OC)c(CO)c2)cc1. The quantitative estimate of drug-likeness (QED) is 0.620. The average Bonchev–Trinajstić information content (AvgIpc) is 2.64. The summed E-state index contributed by atoms with van der Waals surface area (Å²) in [5, 5.41) is 9.97. The van der Waals surface area contributed by atoms with E-state index in [0.29, 0.717) is 29.5 Å². The van der Waals surface area contributed by atoms with Crippen LogP contribution >= 0.6 is 11.6 Å². The number of unbranched alkanes of at least 4 members (excludes halogenated alkanes) is 1. The van der Waals surface area contributed by atoms with E-state index < -0.39 is 0 Å². The Morgan fingerprint density at radius 2 is 1.76 bits per heavy atom. The third-order valence-corrected chi connectivity index (χ3v) is 4.10. The fourth-order valence-electron chi connectivity index (χ4n) is 2.47. The highest BCUT2D eigenvalue weighted by Crippen LogP contribution is 2.34. The molecule has 0 fully saturated rings. The maximum absolute atomic E-state index is 9.49. The summed E-state index contributed by atoms with van der Waals surface area (Å²) in [6.07, 6.45) is 2.21. The molecule has 0 aliphatic carbocycles. The summed E-state index contributed by atoms with van der Waals surface area (Å²) in [4.78, 5) is 0. The van der Waals surface area contributed by atoms with E-state index in [9.17, 15) is 5.11 Å². The zero-order valence-corrected chi connectivity index (χ0v) is 15.5. The van der Waals surface area contributed by atoms with Crippen molar-refractivity contribution in [3.05, 3.63) is 47.0 Å². The number of rotatable bonds is 10. The number of hydrogen-bond donors (Lipinski definition) is 1. The predicted octanol–water partition coefficient (Wildman–Crippen LogP) is 4.70. The van der Waals surface area contributed by atoms with Gasteiger partial charge in [-0.05, 0) is 41.8 Å². The first-order valence-corrected chi connectivity index (χ1v) is 8.85. The third-order valence-electron chi connectivity index (χ3n) is 3.82. The molecule has 0 spiro atoms. The number of halogens is 1. The molecule has 0 bridgehead atoms. The van der Waals surface area contributed by atoms with Gasteiger partial charge in [0, 0.05) is 12.2 Å². The van der Waals surface area contributed by atoms with E-state index >= 15 is 0 Å². The van der Waals surface area contributed by atoms with Gasteiger partial charge in [0.15, 0.2) is 0 Å². The molecule has 4 nitrogen and oxygen atoms in total. The minimum absolute atomic E-state index is 0.129. The first-order valence-electron chi connectivity index (χ1n) is 8.47. The summed E-state index contributed by atoms with van der Waals surface area (Å²) < 4.78 is 16.4. The molecule has 2 aromatic carbocycles. The summed E-state index contributed by atoms with van der Waals surface area (Å²) in [7, 11) is 1.54. The number of aliphatic hydroxyl groups is 1. The third kappa shape index (κ3) is 5.63. The lowest BCUT2D eigenvalue weighted by Gasteiger charge is -2.12. The van der Waals surface area contributed by atoms with Crippen LogP contribution in [-0.4, -0.2) is 32.0 Å². The lowest BCUT2D eigenvalue weighted by Crippen LogP contribution is -2.07. The van der Waals surface area contributed by atoms with Crippen LogP contribution in [0.3, 0.4) is 0 Å². The zero-order chi connectivity index (χ0) is 18.1. The molecule has 0 radical (unpaired) electrons. The fraction of sp³-hybridized carbons (Fsp3) is 0.400. The Kier molecular flexibility index (Phi) is 8.06. The summed E-state index contributed by atoms with van der Waals surface area (Å²) in [5.74, 6) is 1.31. The second-order valence-corrected chi connectivity index (χ2v) is 6.05. The number of methoxy groups -OCH3 is 1. The van der Waals surface area contributed by atoms with Crippen molar-refractivity contribution in [1.82, 2.24) is 0 Å². The summed E-state index contributed by atoms with van der Waals surface area (Å²) in [6, 6.07) is 11.5. The standard InChI is InChI=1S/C20H25ClO4/c1-3-4-9-24-10-11-25-18-7-5-15(6-8-18)16-12-17(14-22)20(23-2)19(21)13-16/h5-8,12-13,22H,3-4,9-11,14H2,1-2H3. The number of benzene rings is 2. The van der Waals surface area contributed by atoms with E-state index in [1.807, 2.05) is 36.4 Å². The fourth-order valence-corrected chi connectivity index (χ4v) is 2.79. The maximum Gasteiger partial charge on any atom is 0.142 e. The predicted molar refractivity (Wildman–Crippen MR) is 101 cm³/mol. The molecule has 2 aromatic rings. The molecule has 136 valence electrons. The van der Waals surface area contributed by atoms with Crippen molar-refractivity contribution in [2.75, 3.05) is 26.9 Å². The minimum atomic E-state index is -0.129. The molecule has 2 rings (SSSR count). The molecule has 25 heavy (non-hydrogen) atoms. The van der Waals surface area contributed by atoms with Crippen LogP contribution in [-0.2, 0) is 11.3 Å². The molecule has 1 N–H and O–H groups in total. The van der Waals surface area contributed by atoms with Gasteiger partial charge in [0.25, 0.3) is 0 Å². The van der Waals surface area contributed by atoms with Gasteiger partial charge in [-0.15, -0.1) is 0 Å². The highest BCUT2D eigenvalue weighted by Gasteiger charge is 2.11. The Labute approximate surface area is 154 Å². The molecule has 0 heterocycles. The van der Waals surface area contributed by atoms with Gasteiger partial charge < -0.3 is 19.3 Å². The van der Waals surface area contributed by atoms with Crippen molar-refractivity contribution in [2.45, 2.75) is 26.4 Å². The molecular weight excluding hydrogens is 340 g/mol. The molecule has 0 aliphatic heterocycles. The molecular formula is C20H25ClO4. The summed E-state index contributed by atoms with van der Waals surface area (Å²) in [6.45, 7) is 3.92. The van der Waals surface area contributed by atoms with Gasteiger partial charge in [-0.3, -0.25) is 0 Å². The first-order chi connectivity index (χ1) is 12.2. The Hall–Kier alpha value is -1.75. The van der Waals surface area contributed by atoms with Crippen LogP contribution in [0.5, 0.6) is 11.5 Å². The monoisotopic (exact) mass is 364 g/mol. The van der Waals surface area contributed by atoms with E-state index in [2.05, 4.69) is 6.92 Å². The molecule has 0 aliphatic rings. The van der Waals surface area contributed by atoms with E-state index in [-0.39, 0.29) is 6.61 Å². The van der Waals surface area contributed by atoms with Crippen LogP contribution in [0.1, 0.15) is 25.3 Å². The van der Waals surface area contributed by atoms with Crippen molar-refractivity contribution in [1.29, 1.82) is 0 Å². The van der Waals surface area contributed by atoms with Crippen LogP contribution in [0.15, 0.2) is 36.4 Å². The lowest BCUT2D eigenvalue weighted by atomic mass is 10.0. The van der Waals surface area contributed by atoms with Gasteiger partial charge in [0.2, 0.25) is 0 Å². The Morgan fingerprint density at radius 1 is 1.00 bits per heavy atom. The molecule has 0 amide bonds. The molecule has 0 atom stereocenters. The van der Waals surface area contributed by atoms with Crippen molar-refractivity contribution in [3.8, 4) is 22.6 Å². The Morgan fingerprint density at radius 3 is 2.40 bits per heavy atom. The maximum atomic E-state index is 9.49. The molecule has 0 saturated carbocycles. The highest BCUT2D eigenvalue weighted by atomic mass is 35.5. The first kappa shape index (κ1) is 19.6. The minimum Gasteiger partial charge on any atom is -0.495 e. The van der Waals surface area contributed by atoms with Gasteiger partial charge in [-0.1, -0.05) is 37.1 Å². The van der Waals surface area contributed by atoms with Crippen molar-refractivity contribution < 1.29 is 19.3 Å². The average molecular weight is 365 g/mol.